The van der Waals surface area contributed by atoms with Crippen molar-refractivity contribution in [2.45, 2.75) is 31.3 Å². The molecule has 1 aromatic heterocycles. The van der Waals surface area contributed by atoms with E-state index in [1.165, 1.54) is 0 Å². The van der Waals surface area contributed by atoms with Gasteiger partial charge >= 0.3 is 5.97 Å². The minimum absolute atomic E-state index is 0.0409. The number of nitrogens with zero attached hydrogens (tertiary/aromatic N) is 2. The van der Waals surface area contributed by atoms with Crippen molar-refractivity contribution in [3.05, 3.63) is 54.2 Å². The normalized spacial score (nSPS) is 20.0. The summed E-state index contributed by atoms with van der Waals surface area (Å²) in [5, 5.41) is 11.0. The van der Waals surface area contributed by atoms with E-state index in [-0.39, 0.29) is 13.0 Å². The van der Waals surface area contributed by atoms with Gasteiger partial charge in [-0.1, -0.05) is 30.3 Å². The van der Waals surface area contributed by atoms with Crippen molar-refractivity contribution in [3.63, 3.8) is 0 Å². The fourth-order valence-electron chi connectivity index (χ4n) is 4.51. The van der Waals surface area contributed by atoms with E-state index in [2.05, 4.69) is 10.3 Å². The molecular weight excluding hydrogens is 426 g/mol. The second kappa shape index (κ2) is 9.50. The molecule has 9 heteroatoms. The lowest BCUT2D eigenvalue weighted by Gasteiger charge is -2.50. The topological polar surface area (TPSA) is 126 Å². The zero-order chi connectivity index (χ0) is 23.4. The van der Waals surface area contributed by atoms with E-state index in [0.717, 1.165) is 16.8 Å². The van der Waals surface area contributed by atoms with Crippen LogP contribution in [0.4, 0.5) is 0 Å². The van der Waals surface area contributed by atoms with Gasteiger partial charge in [0.2, 0.25) is 11.8 Å². The number of rotatable bonds is 6. The summed E-state index contributed by atoms with van der Waals surface area (Å²) in [7, 11) is 0. The number of hydrogen-bond donors (Lipinski definition) is 2. The number of pyridine rings is 1. The van der Waals surface area contributed by atoms with Crippen molar-refractivity contribution in [2.24, 2.45) is 5.92 Å². The van der Waals surface area contributed by atoms with Crippen LogP contribution in [0.5, 0.6) is 0 Å². The first kappa shape index (κ1) is 22.6. The number of nitrogens with one attached hydrogen (secondary N) is 1. The number of Topliss-reactive ketones (excluding diaryl/α,β-unsaturated/α-hetero) is 1. The number of piperidine rings is 1. The van der Waals surface area contributed by atoms with Gasteiger partial charge in [-0.15, -0.1) is 0 Å². The predicted octanol–water partition coefficient (Wildman–Crippen LogP) is 1.42. The van der Waals surface area contributed by atoms with Gasteiger partial charge in [0.15, 0.2) is 11.7 Å². The standard InChI is InChI=1S/C24H25N3O6/c28-19-13-24(8-11-33-12-9-24)27(23(32)21(19)22(31)26-14-20(29)30)15-16-4-6-17(7-5-16)18-3-1-2-10-25-18/h1-7,10,21H,8-9,11-15H2,(H,26,31)(H,29,30). The predicted molar refractivity (Wildman–Crippen MR) is 117 cm³/mol. The van der Waals surface area contributed by atoms with E-state index in [0.29, 0.717) is 26.1 Å². The average molecular weight is 451 g/mol. The van der Waals surface area contributed by atoms with Gasteiger partial charge in [0.1, 0.15) is 6.54 Å². The molecule has 1 spiro atoms. The van der Waals surface area contributed by atoms with E-state index in [9.17, 15) is 19.2 Å². The van der Waals surface area contributed by atoms with Crippen LogP contribution in [0.1, 0.15) is 24.8 Å². The molecule has 4 rings (SSSR count). The molecule has 1 aromatic carbocycles. The molecule has 0 radical (unpaired) electrons. The average Bonchev–Trinajstić information content (AvgIpc) is 2.82. The largest absolute Gasteiger partial charge is 0.480 e. The van der Waals surface area contributed by atoms with Crippen molar-refractivity contribution >= 4 is 23.6 Å². The second-order valence-corrected chi connectivity index (χ2v) is 8.36. The lowest BCUT2D eigenvalue weighted by atomic mass is 9.75. The van der Waals surface area contributed by atoms with Crippen molar-refractivity contribution in [3.8, 4) is 11.3 Å². The van der Waals surface area contributed by atoms with Gasteiger partial charge in [-0.05, 0) is 30.5 Å². The Bertz CT molecular complexity index is 1050. The third kappa shape index (κ3) is 4.78. The van der Waals surface area contributed by atoms with Crippen LogP contribution in [0.25, 0.3) is 11.3 Å². The van der Waals surface area contributed by atoms with Gasteiger partial charge in [0.25, 0.3) is 0 Å². The number of aliphatic carboxylic acids is 1. The van der Waals surface area contributed by atoms with Crippen LogP contribution in [-0.2, 0) is 30.5 Å². The minimum Gasteiger partial charge on any atom is -0.480 e. The van der Waals surface area contributed by atoms with Gasteiger partial charge in [0.05, 0.1) is 11.2 Å². The Morgan fingerprint density at radius 2 is 1.85 bits per heavy atom. The Kier molecular flexibility index (Phi) is 6.50. The van der Waals surface area contributed by atoms with Gasteiger partial charge < -0.3 is 20.1 Å². The van der Waals surface area contributed by atoms with E-state index in [1.807, 2.05) is 42.5 Å². The molecule has 0 bridgehead atoms. The van der Waals surface area contributed by atoms with Crippen LogP contribution in [-0.4, -0.2) is 63.9 Å². The number of hydrogen-bond acceptors (Lipinski definition) is 6. The SMILES string of the molecule is O=C(O)CNC(=O)C1C(=O)CC2(CCOCC2)N(Cc2ccc(-c3ccccn3)cc2)C1=O. The zero-order valence-electron chi connectivity index (χ0n) is 18.0. The molecule has 2 saturated heterocycles. The smallest absolute Gasteiger partial charge is 0.322 e. The molecule has 9 nitrogen and oxygen atoms in total. The number of likely N-dealkylation sites (tertiary alicyclic amines) is 1. The number of amides is 2. The molecule has 172 valence electrons. The monoisotopic (exact) mass is 451 g/mol. The van der Waals surface area contributed by atoms with E-state index >= 15 is 0 Å². The maximum absolute atomic E-state index is 13.4. The van der Waals surface area contributed by atoms with Crippen molar-refractivity contribution in [1.29, 1.82) is 0 Å². The summed E-state index contributed by atoms with van der Waals surface area (Å²) in [6.07, 6.45) is 2.76. The summed E-state index contributed by atoms with van der Waals surface area (Å²) in [6.45, 7) is 0.429. The summed E-state index contributed by atoms with van der Waals surface area (Å²) in [4.78, 5) is 55.6. The van der Waals surface area contributed by atoms with Gasteiger partial charge in [-0.25, -0.2) is 0 Å². The van der Waals surface area contributed by atoms with Crippen LogP contribution in [0.2, 0.25) is 0 Å². The molecule has 2 aromatic rings. The second-order valence-electron chi connectivity index (χ2n) is 8.36. The highest BCUT2D eigenvalue weighted by Gasteiger charge is 2.53. The lowest BCUT2D eigenvalue weighted by Crippen LogP contribution is -2.64. The van der Waals surface area contributed by atoms with E-state index in [1.54, 1.807) is 11.1 Å². The molecule has 2 amide bonds. The Morgan fingerprint density at radius 1 is 1.12 bits per heavy atom. The molecule has 2 fully saturated rings. The fraction of sp³-hybridized carbons (Fsp3) is 0.375. The number of carbonyl (C=O) groups is 4. The van der Waals surface area contributed by atoms with Crippen LogP contribution >= 0.6 is 0 Å². The molecule has 2 N–H and O–H groups in total. The Labute approximate surface area is 190 Å². The molecule has 33 heavy (non-hydrogen) atoms. The fourth-order valence-corrected chi connectivity index (χ4v) is 4.51. The van der Waals surface area contributed by atoms with Crippen molar-refractivity contribution < 1.29 is 29.0 Å². The van der Waals surface area contributed by atoms with Crippen LogP contribution in [0.3, 0.4) is 0 Å². The molecule has 0 saturated carbocycles. The highest BCUT2D eigenvalue weighted by molar-refractivity contribution is 6.20. The van der Waals surface area contributed by atoms with Crippen LogP contribution in [0.15, 0.2) is 48.7 Å². The first-order valence-electron chi connectivity index (χ1n) is 10.8. The third-order valence-corrected chi connectivity index (χ3v) is 6.27. The van der Waals surface area contributed by atoms with Crippen LogP contribution < -0.4 is 5.32 Å². The number of benzene rings is 1. The minimum atomic E-state index is -1.54. The number of carboxylic acids is 1. The van der Waals surface area contributed by atoms with E-state index < -0.39 is 41.6 Å². The summed E-state index contributed by atoms with van der Waals surface area (Å²) in [6, 6.07) is 13.3. The third-order valence-electron chi connectivity index (χ3n) is 6.27. The van der Waals surface area contributed by atoms with Crippen molar-refractivity contribution in [2.75, 3.05) is 19.8 Å². The molecule has 0 aliphatic carbocycles. The molecule has 1 atom stereocenters. The molecular formula is C24H25N3O6. The molecule has 1 unspecified atom stereocenters. The molecule has 3 heterocycles. The Hall–Kier alpha value is -3.59. The maximum atomic E-state index is 13.4. The number of carbonyl (C=O) groups excluding carboxylic acids is 3. The number of ketones is 1. The summed E-state index contributed by atoms with van der Waals surface area (Å²) in [5.41, 5.74) is 1.91. The van der Waals surface area contributed by atoms with Gasteiger partial charge in [0, 0.05) is 37.9 Å². The highest BCUT2D eigenvalue weighted by atomic mass is 16.5. The van der Waals surface area contributed by atoms with E-state index in [4.69, 9.17) is 9.84 Å². The zero-order valence-corrected chi connectivity index (χ0v) is 18.0. The molecule has 2 aliphatic heterocycles. The first-order valence-corrected chi connectivity index (χ1v) is 10.8. The summed E-state index contributed by atoms with van der Waals surface area (Å²) < 4.78 is 5.47. The number of carboxylic acid groups (broad SMARTS) is 1. The number of aromatic nitrogens is 1. The summed E-state index contributed by atoms with van der Waals surface area (Å²) >= 11 is 0. The Morgan fingerprint density at radius 3 is 2.48 bits per heavy atom. The number of ether oxygens (including phenoxy) is 1. The molecule has 2 aliphatic rings. The lowest BCUT2D eigenvalue weighted by molar-refractivity contribution is -0.164. The highest BCUT2D eigenvalue weighted by Crippen LogP contribution is 2.39. The quantitative estimate of drug-likeness (QED) is 0.636. The van der Waals surface area contributed by atoms with Crippen molar-refractivity contribution in [1.82, 2.24) is 15.2 Å². The van der Waals surface area contributed by atoms with Gasteiger partial charge in [-0.2, -0.15) is 0 Å². The summed E-state index contributed by atoms with van der Waals surface area (Å²) in [5.74, 6) is -4.73. The maximum Gasteiger partial charge on any atom is 0.322 e. The van der Waals surface area contributed by atoms with Gasteiger partial charge in [-0.3, -0.25) is 24.2 Å². The van der Waals surface area contributed by atoms with Crippen LogP contribution in [0, 0.1) is 5.92 Å². The Balaban J connectivity index is 1.59. The first-order chi connectivity index (χ1) is 15.9.